The molecule has 0 aromatic heterocycles. The molecule has 16 heteroatoms. The molecule has 0 aliphatic rings. The fourth-order valence-corrected chi connectivity index (χ4v) is 5.99. The van der Waals surface area contributed by atoms with Crippen LogP contribution in [0.5, 0.6) is 0 Å². The third-order valence-corrected chi connectivity index (χ3v) is 9.79. The Labute approximate surface area is 297 Å². The fourth-order valence-electron chi connectivity index (χ4n) is 2.88. The van der Waals surface area contributed by atoms with Crippen LogP contribution in [0.1, 0.15) is 81.1 Å². The number of nitrogens with one attached hydrogen (secondary N) is 1. The summed E-state index contributed by atoms with van der Waals surface area (Å²) >= 11 is 0. The summed E-state index contributed by atoms with van der Waals surface area (Å²) in [7, 11) is -6.38. The summed E-state index contributed by atoms with van der Waals surface area (Å²) < 4.78 is 59.7. The minimum Gasteiger partial charge on any atom is -0.773 e. The monoisotopic (exact) mass is 671 g/mol. The molecule has 13 nitrogen and oxygen atoms in total. The molecule has 1 atom stereocenters. The van der Waals surface area contributed by atoms with Gasteiger partial charge < -0.3 is 46.5 Å². The van der Waals surface area contributed by atoms with E-state index in [1.54, 1.807) is 20.8 Å². The van der Waals surface area contributed by atoms with E-state index in [2.05, 4.69) is 5.32 Å². The third kappa shape index (κ3) is 24.5. The molecule has 3 N–H and O–H groups in total. The fraction of sp³-hybridized carbons (Fsp3) is 0.885. The molecule has 0 fully saturated rings. The van der Waals surface area contributed by atoms with Gasteiger partial charge in [-0.25, -0.2) is 4.79 Å². The van der Waals surface area contributed by atoms with Gasteiger partial charge in [-0.2, -0.15) is 0 Å². The Morgan fingerprint density at radius 1 is 0.881 bits per heavy atom. The Kier molecular flexibility index (Phi) is 29.3. The van der Waals surface area contributed by atoms with Crippen molar-refractivity contribution in [1.29, 1.82) is 0 Å². The standard InChI is InChI=1S/C17H35NO7Si.C9H20O5S.K/c1-6-15(5)16(19)21-12-13-22-17(20)18-11-10-14-26(23-7-2,24-8-3)25-9-4;1-4-9(2,3)8(10)14-6-5-7-15(11,12)13;/h15H,6-14H2,1-5H3,(H,18,20);11-13H,4-7H2,1-3H3;/q;;+1/p-1. The van der Waals surface area contributed by atoms with E-state index >= 15 is 0 Å². The second-order valence-corrected chi connectivity index (χ2v) is 14.0. The van der Waals surface area contributed by atoms with Crippen LogP contribution in [0.3, 0.4) is 0 Å². The number of amides is 1. The molecule has 42 heavy (non-hydrogen) atoms. The van der Waals surface area contributed by atoms with E-state index in [1.165, 1.54) is 0 Å². The van der Waals surface area contributed by atoms with Crippen molar-refractivity contribution in [1.82, 2.24) is 5.32 Å². The maximum absolute atomic E-state index is 11.6. The Balaban J connectivity index is -0.000000812. The van der Waals surface area contributed by atoms with Crippen LogP contribution in [0.2, 0.25) is 6.04 Å². The van der Waals surface area contributed by atoms with Crippen molar-refractivity contribution in [2.75, 3.05) is 51.9 Å². The Morgan fingerprint density at radius 3 is 1.86 bits per heavy atom. The van der Waals surface area contributed by atoms with Crippen molar-refractivity contribution in [2.45, 2.75) is 87.1 Å². The van der Waals surface area contributed by atoms with Gasteiger partial charge in [0.25, 0.3) is 0 Å². The zero-order valence-corrected chi connectivity index (χ0v) is 32.1. The first kappa shape index (κ1) is 46.6. The van der Waals surface area contributed by atoms with E-state index in [4.69, 9.17) is 36.6 Å². The zero-order chi connectivity index (χ0) is 32.0. The van der Waals surface area contributed by atoms with Gasteiger partial charge in [-0.15, -0.1) is 10.9 Å². The van der Waals surface area contributed by atoms with Gasteiger partial charge in [-0.05, 0) is 60.3 Å². The number of carbonyl (C=O) groups is 3. The summed E-state index contributed by atoms with van der Waals surface area (Å²) in [5.41, 5.74) is -0.528. The Bertz CT molecular complexity index is 711. The summed E-state index contributed by atoms with van der Waals surface area (Å²) in [5.74, 6) is -1.02. The molecule has 0 aliphatic carbocycles. The molecule has 0 bridgehead atoms. The van der Waals surface area contributed by atoms with E-state index in [1.807, 2.05) is 34.6 Å². The molecule has 0 radical (unpaired) electrons. The summed E-state index contributed by atoms with van der Waals surface area (Å²) in [6, 6.07) is 0.620. The van der Waals surface area contributed by atoms with Crippen LogP contribution in [0.25, 0.3) is 0 Å². The normalized spacial score (nSPS) is 12.6. The van der Waals surface area contributed by atoms with Crippen LogP contribution >= 0.6 is 10.9 Å². The molecule has 0 aromatic carbocycles. The molecular formula is C26H54KNO12SSi. The zero-order valence-electron chi connectivity index (χ0n) is 27.2. The smallest absolute Gasteiger partial charge is 0.773 e. The van der Waals surface area contributed by atoms with Crippen molar-refractivity contribution in [2.24, 2.45) is 11.3 Å². The maximum Gasteiger partial charge on any atom is 1.00 e. The van der Waals surface area contributed by atoms with Gasteiger partial charge in [0.1, 0.15) is 13.2 Å². The first-order valence-corrected chi connectivity index (χ1v) is 17.8. The number of ether oxygens (including phenoxy) is 3. The van der Waals surface area contributed by atoms with E-state index in [0.717, 1.165) is 6.42 Å². The quantitative estimate of drug-likeness (QED) is 0.0700. The number of hydrogen-bond acceptors (Lipinski definition) is 12. The molecular weight excluding hydrogens is 618 g/mol. The Hall–Kier alpha value is 0.173. The van der Waals surface area contributed by atoms with Crippen molar-refractivity contribution in [3.05, 3.63) is 0 Å². The van der Waals surface area contributed by atoms with Gasteiger partial charge in [0.05, 0.1) is 17.9 Å². The van der Waals surface area contributed by atoms with Crippen molar-refractivity contribution < 1.29 is 107 Å². The number of alkyl carbamates (subject to hydrolysis) is 1. The van der Waals surface area contributed by atoms with Crippen molar-refractivity contribution in [3.8, 4) is 0 Å². The van der Waals surface area contributed by atoms with Gasteiger partial charge in [0, 0.05) is 38.2 Å². The number of hydrogen-bond donors (Lipinski definition) is 3. The molecule has 0 rings (SSSR count). The van der Waals surface area contributed by atoms with Crippen LogP contribution in [0, 0.1) is 11.3 Å². The molecule has 0 aromatic rings. The summed E-state index contributed by atoms with van der Waals surface area (Å²) in [6.45, 7) is 17.0. The second-order valence-electron chi connectivity index (χ2n) is 9.66. The molecule has 246 valence electrons. The average molecular weight is 672 g/mol. The molecule has 0 saturated heterocycles. The van der Waals surface area contributed by atoms with E-state index in [-0.39, 0.29) is 101 Å². The largest absolute Gasteiger partial charge is 1.00 e. The first-order valence-electron chi connectivity index (χ1n) is 14.3. The van der Waals surface area contributed by atoms with Crippen LogP contribution < -0.4 is 56.7 Å². The number of rotatable bonds is 21. The van der Waals surface area contributed by atoms with E-state index in [0.29, 0.717) is 45.3 Å². The Morgan fingerprint density at radius 2 is 1.40 bits per heavy atom. The summed E-state index contributed by atoms with van der Waals surface area (Å²) in [6.07, 6.45) is 1.68. The molecule has 1 amide bonds. The average Bonchev–Trinajstić information content (AvgIpc) is 2.91. The first-order chi connectivity index (χ1) is 19.1. The second kappa shape index (κ2) is 26.4. The van der Waals surface area contributed by atoms with Gasteiger partial charge in [0.2, 0.25) is 0 Å². The van der Waals surface area contributed by atoms with Crippen molar-refractivity contribution >= 4 is 37.7 Å². The molecule has 1 unspecified atom stereocenters. The van der Waals surface area contributed by atoms with Gasteiger partial charge in [-0.1, -0.05) is 20.8 Å². The molecule has 0 spiro atoms. The molecule has 0 saturated carbocycles. The predicted octanol–water partition coefficient (Wildman–Crippen LogP) is 1.98. The van der Waals surface area contributed by atoms with E-state index in [9.17, 15) is 18.9 Å². The van der Waals surface area contributed by atoms with Gasteiger partial charge in [0.15, 0.2) is 0 Å². The number of carbonyl (C=O) groups excluding carboxylic acids is 3. The summed E-state index contributed by atoms with van der Waals surface area (Å²) in [4.78, 5) is 34.5. The molecule has 0 aliphatic heterocycles. The minimum absolute atomic E-state index is 0. The van der Waals surface area contributed by atoms with E-state index < -0.39 is 31.2 Å². The van der Waals surface area contributed by atoms with Crippen LogP contribution in [-0.4, -0.2) is 92.4 Å². The number of esters is 2. The molecule has 0 heterocycles. The topological polar surface area (TPSA) is 182 Å². The maximum atomic E-state index is 11.6. The van der Waals surface area contributed by atoms with Crippen LogP contribution in [-0.2, 0) is 37.1 Å². The van der Waals surface area contributed by atoms with Gasteiger partial charge >= 0.3 is 78.2 Å². The summed E-state index contributed by atoms with van der Waals surface area (Å²) in [5, 5.41) is 2.66. The predicted molar refractivity (Wildman–Crippen MR) is 158 cm³/mol. The van der Waals surface area contributed by atoms with Crippen molar-refractivity contribution in [3.63, 3.8) is 0 Å². The van der Waals surface area contributed by atoms with Crippen LogP contribution in [0.4, 0.5) is 4.79 Å². The minimum atomic E-state index is -3.70. The van der Waals surface area contributed by atoms with Crippen LogP contribution in [0.15, 0.2) is 0 Å². The third-order valence-electron chi connectivity index (χ3n) is 5.82. The van der Waals surface area contributed by atoms with Gasteiger partial charge in [-0.3, -0.25) is 9.59 Å². The SMILES string of the molecule is CCC(C)(C)C(=O)OCCCS([O-])(O)O.CCO[Si](CCCNC(=O)OCCOC(=O)C(C)CC)(OCC)OCC.[K+].